The molecule has 1 aliphatic rings. The Labute approximate surface area is 117 Å². The maximum Gasteiger partial charge on any atom is 0.242 e. The van der Waals surface area contributed by atoms with Crippen LogP contribution in [0.25, 0.3) is 0 Å². The first-order valence-electron chi connectivity index (χ1n) is 6.87. The Balaban J connectivity index is 1.68. The van der Waals surface area contributed by atoms with Gasteiger partial charge >= 0.3 is 0 Å². The van der Waals surface area contributed by atoms with Crippen LogP contribution in [-0.4, -0.2) is 15.7 Å². The number of anilines is 1. The van der Waals surface area contributed by atoms with Gasteiger partial charge in [-0.1, -0.05) is 24.3 Å². The maximum absolute atomic E-state index is 12.1. The topological polar surface area (TPSA) is 72.9 Å². The number of amides is 1. The number of fused-ring (bicyclic) bond motifs is 1. The first-order valence-corrected chi connectivity index (χ1v) is 6.87. The number of hydrogen-bond acceptors (Lipinski definition) is 3. The van der Waals surface area contributed by atoms with E-state index < -0.39 is 0 Å². The third-order valence-corrected chi connectivity index (χ3v) is 3.66. The molecule has 3 rings (SSSR count). The second kappa shape index (κ2) is 5.36. The van der Waals surface area contributed by atoms with E-state index >= 15 is 0 Å². The molecule has 1 unspecified atom stereocenters. The number of rotatable bonds is 3. The van der Waals surface area contributed by atoms with E-state index in [1.54, 1.807) is 17.1 Å². The fraction of sp³-hybridized carbons (Fsp3) is 0.333. The van der Waals surface area contributed by atoms with Crippen molar-refractivity contribution in [3.8, 4) is 0 Å². The van der Waals surface area contributed by atoms with Crippen molar-refractivity contribution in [1.82, 2.24) is 15.1 Å². The summed E-state index contributed by atoms with van der Waals surface area (Å²) in [6.07, 6.45) is 6.40. The van der Waals surface area contributed by atoms with Crippen molar-refractivity contribution < 1.29 is 4.79 Å². The second-order valence-electron chi connectivity index (χ2n) is 5.18. The molecule has 0 radical (unpaired) electrons. The summed E-state index contributed by atoms with van der Waals surface area (Å²) in [6, 6.07) is 8.43. The van der Waals surface area contributed by atoms with Crippen molar-refractivity contribution in [2.45, 2.75) is 31.8 Å². The molecule has 0 saturated heterocycles. The van der Waals surface area contributed by atoms with Gasteiger partial charge in [0.15, 0.2) is 0 Å². The van der Waals surface area contributed by atoms with E-state index in [0.29, 0.717) is 5.69 Å². The number of nitrogens with two attached hydrogens (primary N) is 1. The van der Waals surface area contributed by atoms with Gasteiger partial charge in [0.1, 0.15) is 6.54 Å². The van der Waals surface area contributed by atoms with Gasteiger partial charge in [-0.2, -0.15) is 5.10 Å². The molecule has 0 bridgehead atoms. The van der Waals surface area contributed by atoms with Crippen LogP contribution >= 0.6 is 0 Å². The van der Waals surface area contributed by atoms with Gasteiger partial charge in [-0.15, -0.1) is 0 Å². The van der Waals surface area contributed by atoms with Gasteiger partial charge in [-0.05, 0) is 30.4 Å². The lowest BCUT2D eigenvalue weighted by Crippen LogP contribution is -2.33. The molecule has 20 heavy (non-hydrogen) atoms. The van der Waals surface area contributed by atoms with Crippen LogP contribution in [0.3, 0.4) is 0 Å². The van der Waals surface area contributed by atoms with E-state index in [2.05, 4.69) is 28.6 Å². The van der Waals surface area contributed by atoms with Crippen LogP contribution < -0.4 is 11.1 Å². The van der Waals surface area contributed by atoms with Gasteiger partial charge in [-0.3, -0.25) is 9.48 Å². The smallest absolute Gasteiger partial charge is 0.242 e. The Bertz CT molecular complexity index is 620. The van der Waals surface area contributed by atoms with Crippen molar-refractivity contribution in [3.05, 3.63) is 47.8 Å². The molecule has 104 valence electrons. The molecule has 3 N–H and O–H groups in total. The minimum atomic E-state index is -0.0326. The third kappa shape index (κ3) is 2.66. The van der Waals surface area contributed by atoms with Crippen molar-refractivity contribution >= 4 is 11.6 Å². The van der Waals surface area contributed by atoms with Crippen LogP contribution in [0, 0.1) is 0 Å². The predicted octanol–water partition coefficient (Wildman–Crippen LogP) is 1.66. The summed E-state index contributed by atoms with van der Waals surface area (Å²) < 4.78 is 1.55. The Morgan fingerprint density at radius 3 is 3.10 bits per heavy atom. The highest BCUT2D eigenvalue weighted by Gasteiger charge is 2.21. The number of nitrogen functional groups attached to an aromatic ring is 1. The zero-order valence-electron chi connectivity index (χ0n) is 11.2. The third-order valence-electron chi connectivity index (χ3n) is 3.66. The summed E-state index contributed by atoms with van der Waals surface area (Å²) in [5, 5.41) is 7.12. The minimum absolute atomic E-state index is 0.0326. The average molecular weight is 270 g/mol. The summed E-state index contributed by atoms with van der Waals surface area (Å²) in [7, 11) is 0. The average Bonchev–Trinajstić information content (AvgIpc) is 2.84. The quantitative estimate of drug-likeness (QED) is 0.891. The molecule has 1 aromatic heterocycles. The number of hydrogen-bond donors (Lipinski definition) is 2. The molecule has 1 aliphatic carbocycles. The van der Waals surface area contributed by atoms with Crippen LogP contribution in [0.1, 0.15) is 30.0 Å². The van der Waals surface area contributed by atoms with Gasteiger partial charge in [0.05, 0.1) is 17.9 Å². The molecule has 1 heterocycles. The van der Waals surface area contributed by atoms with E-state index in [1.807, 2.05) is 6.07 Å². The van der Waals surface area contributed by atoms with E-state index in [0.717, 1.165) is 19.3 Å². The van der Waals surface area contributed by atoms with Gasteiger partial charge in [0.2, 0.25) is 5.91 Å². The van der Waals surface area contributed by atoms with Crippen LogP contribution in [0.5, 0.6) is 0 Å². The number of nitrogens with zero attached hydrogens (tertiary/aromatic N) is 2. The number of aryl methyl sites for hydroxylation is 1. The Morgan fingerprint density at radius 1 is 1.45 bits per heavy atom. The molecular weight excluding hydrogens is 252 g/mol. The molecule has 0 fully saturated rings. The number of nitrogens with one attached hydrogen (secondary N) is 1. The fourth-order valence-corrected chi connectivity index (χ4v) is 2.76. The zero-order chi connectivity index (χ0) is 13.9. The lowest BCUT2D eigenvalue weighted by Gasteiger charge is -2.26. The molecule has 1 amide bonds. The molecule has 2 aromatic rings. The first-order chi connectivity index (χ1) is 9.72. The van der Waals surface area contributed by atoms with Crippen molar-refractivity contribution in [2.24, 2.45) is 0 Å². The molecule has 0 saturated carbocycles. The highest BCUT2D eigenvalue weighted by atomic mass is 16.2. The Hall–Kier alpha value is -2.30. The monoisotopic (exact) mass is 270 g/mol. The van der Waals surface area contributed by atoms with Crippen LogP contribution in [0.2, 0.25) is 0 Å². The normalized spacial score (nSPS) is 17.5. The maximum atomic E-state index is 12.1. The largest absolute Gasteiger partial charge is 0.396 e. The molecular formula is C15H18N4O. The molecule has 5 nitrogen and oxygen atoms in total. The van der Waals surface area contributed by atoms with Crippen LogP contribution in [0.15, 0.2) is 36.7 Å². The van der Waals surface area contributed by atoms with Gasteiger partial charge < -0.3 is 11.1 Å². The Kier molecular flexibility index (Phi) is 3.41. The van der Waals surface area contributed by atoms with Gasteiger partial charge in [-0.25, -0.2) is 0 Å². The van der Waals surface area contributed by atoms with E-state index in [9.17, 15) is 4.79 Å². The van der Waals surface area contributed by atoms with Crippen LogP contribution in [-0.2, 0) is 17.8 Å². The second-order valence-corrected chi connectivity index (χ2v) is 5.18. The molecule has 0 aliphatic heterocycles. The SMILES string of the molecule is Nc1cnn(CC(=O)NC2CCCc3ccccc32)c1. The molecule has 1 atom stereocenters. The van der Waals surface area contributed by atoms with Gasteiger partial charge in [0, 0.05) is 6.20 Å². The number of aromatic nitrogens is 2. The summed E-state index contributed by atoms with van der Waals surface area (Å²) in [5.74, 6) is -0.0326. The molecule has 0 spiro atoms. The highest BCUT2D eigenvalue weighted by molar-refractivity contribution is 5.76. The first kappa shape index (κ1) is 12.7. The number of benzene rings is 1. The lowest BCUT2D eigenvalue weighted by molar-refractivity contribution is -0.122. The van der Waals surface area contributed by atoms with Crippen molar-refractivity contribution in [3.63, 3.8) is 0 Å². The van der Waals surface area contributed by atoms with E-state index in [4.69, 9.17) is 5.73 Å². The van der Waals surface area contributed by atoms with Crippen molar-refractivity contribution in [1.29, 1.82) is 0 Å². The zero-order valence-corrected chi connectivity index (χ0v) is 11.2. The summed E-state index contributed by atoms with van der Waals surface area (Å²) in [6.45, 7) is 0.204. The van der Waals surface area contributed by atoms with E-state index in [1.165, 1.54) is 11.1 Å². The Morgan fingerprint density at radius 2 is 2.30 bits per heavy atom. The van der Waals surface area contributed by atoms with Crippen molar-refractivity contribution in [2.75, 3.05) is 5.73 Å². The number of carbonyl (C=O) groups is 1. The van der Waals surface area contributed by atoms with Crippen LogP contribution in [0.4, 0.5) is 5.69 Å². The summed E-state index contributed by atoms with van der Waals surface area (Å²) >= 11 is 0. The molecule has 1 aromatic carbocycles. The molecule has 5 heteroatoms. The fourth-order valence-electron chi connectivity index (χ4n) is 2.76. The predicted molar refractivity (Wildman–Crippen MR) is 76.9 cm³/mol. The summed E-state index contributed by atoms with van der Waals surface area (Å²) in [5.41, 5.74) is 8.74. The standard InChI is InChI=1S/C15H18N4O/c16-12-8-17-19(9-12)10-15(20)18-14-7-3-5-11-4-1-2-6-13(11)14/h1-2,4,6,8-9,14H,3,5,7,10,16H2,(H,18,20). The number of carbonyl (C=O) groups excluding carboxylic acids is 1. The lowest BCUT2D eigenvalue weighted by atomic mass is 9.88. The minimum Gasteiger partial charge on any atom is -0.396 e. The van der Waals surface area contributed by atoms with E-state index in [-0.39, 0.29) is 18.5 Å². The van der Waals surface area contributed by atoms with Gasteiger partial charge in [0.25, 0.3) is 0 Å². The highest BCUT2D eigenvalue weighted by Crippen LogP contribution is 2.29. The summed E-state index contributed by atoms with van der Waals surface area (Å²) in [4.78, 5) is 12.1.